The van der Waals surface area contributed by atoms with E-state index in [1.165, 1.54) is 0 Å². The molecule has 0 bridgehead atoms. The molecule has 0 aliphatic rings. The average molecular weight is 358 g/mol. The average Bonchev–Trinajstić information content (AvgIpc) is 2.95. The van der Waals surface area contributed by atoms with E-state index in [2.05, 4.69) is 4.72 Å². The molecule has 25 heavy (non-hydrogen) atoms. The summed E-state index contributed by atoms with van der Waals surface area (Å²) in [6.07, 6.45) is 1.06. The lowest BCUT2D eigenvalue weighted by atomic mass is 10.1. The highest BCUT2D eigenvalue weighted by Gasteiger charge is 2.15. The largest absolute Gasteiger partial charge is 0.387 e. The molecule has 0 aliphatic heterocycles. The van der Waals surface area contributed by atoms with Crippen LogP contribution in [0, 0.1) is 6.92 Å². The molecule has 6 heteroatoms. The van der Waals surface area contributed by atoms with Gasteiger partial charge in [0.25, 0.3) is 0 Å². The second-order valence-electron chi connectivity index (χ2n) is 6.35. The first-order valence-electron chi connectivity index (χ1n) is 8.10. The maximum atomic E-state index is 12.2. The van der Waals surface area contributed by atoms with Gasteiger partial charge in [0.05, 0.1) is 11.9 Å². The monoisotopic (exact) mass is 358 g/mol. The summed E-state index contributed by atoms with van der Waals surface area (Å²) in [7, 11) is -1.55. The first-order chi connectivity index (χ1) is 11.8. The molecule has 1 heterocycles. The van der Waals surface area contributed by atoms with E-state index in [0.717, 1.165) is 22.0 Å². The molecule has 2 aromatic carbocycles. The molecular weight excluding hydrogens is 336 g/mol. The zero-order valence-corrected chi connectivity index (χ0v) is 15.1. The van der Waals surface area contributed by atoms with E-state index >= 15 is 0 Å². The van der Waals surface area contributed by atoms with E-state index in [-0.39, 0.29) is 12.3 Å². The molecular formula is C19H22N2O3S. The Hall–Kier alpha value is -2.15. The van der Waals surface area contributed by atoms with Gasteiger partial charge >= 0.3 is 0 Å². The van der Waals surface area contributed by atoms with Crippen LogP contribution in [0.5, 0.6) is 0 Å². The third-order valence-electron chi connectivity index (χ3n) is 4.27. The molecule has 0 aliphatic carbocycles. The van der Waals surface area contributed by atoms with Crippen molar-refractivity contribution in [2.75, 3.05) is 6.54 Å². The van der Waals surface area contributed by atoms with Crippen LogP contribution in [-0.2, 0) is 22.8 Å². The van der Waals surface area contributed by atoms with Crippen LogP contribution in [0.4, 0.5) is 0 Å². The minimum Gasteiger partial charge on any atom is -0.387 e. The molecule has 0 spiro atoms. The van der Waals surface area contributed by atoms with Gasteiger partial charge in [-0.25, -0.2) is 13.1 Å². The number of hydrogen-bond donors (Lipinski definition) is 2. The van der Waals surface area contributed by atoms with Crippen LogP contribution < -0.4 is 4.72 Å². The smallest absolute Gasteiger partial charge is 0.215 e. The molecule has 0 amide bonds. The van der Waals surface area contributed by atoms with Crippen molar-refractivity contribution in [3.05, 3.63) is 71.4 Å². The number of benzene rings is 2. The molecule has 1 aromatic heterocycles. The number of aliphatic hydroxyl groups excluding tert-OH is 1. The van der Waals surface area contributed by atoms with E-state index in [1.54, 1.807) is 12.1 Å². The van der Waals surface area contributed by atoms with Crippen LogP contribution >= 0.6 is 0 Å². The molecule has 2 N–H and O–H groups in total. The Balaban J connectivity index is 1.65. The number of rotatable bonds is 6. The number of sulfonamides is 1. The normalized spacial score (nSPS) is 13.2. The highest BCUT2D eigenvalue weighted by atomic mass is 32.2. The molecule has 0 radical (unpaired) electrons. The van der Waals surface area contributed by atoms with Crippen LogP contribution in [0.25, 0.3) is 10.9 Å². The minimum absolute atomic E-state index is 0.0491. The van der Waals surface area contributed by atoms with Crippen LogP contribution in [0.3, 0.4) is 0 Å². The van der Waals surface area contributed by atoms with E-state index in [9.17, 15) is 13.5 Å². The van der Waals surface area contributed by atoms with Crippen LogP contribution in [0.15, 0.2) is 54.7 Å². The maximum absolute atomic E-state index is 12.2. The van der Waals surface area contributed by atoms with Crippen molar-refractivity contribution in [2.45, 2.75) is 18.8 Å². The van der Waals surface area contributed by atoms with Gasteiger partial charge in [0.1, 0.15) is 0 Å². The van der Waals surface area contributed by atoms with E-state index in [1.807, 2.05) is 61.1 Å². The van der Waals surface area contributed by atoms with Gasteiger partial charge in [-0.2, -0.15) is 0 Å². The zero-order valence-electron chi connectivity index (χ0n) is 14.3. The number of fused-ring (bicyclic) bond motifs is 1. The standard InChI is InChI=1S/C19H22N2O3S/c1-14-3-5-15(6-4-14)13-25(23,24)20-12-19(22)17-7-8-18-16(11-17)9-10-21(18)2/h3-11,19-20,22H,12-13H2,1-2H3. The summed E-state index contributed by atoms with van der Waals surface area (Å²) in [5.41, 5.74) is 3.56. The third-order valence-corrected chi connectivity index (χ3v) is 5.59. The van der Waals surface area contributed by atoms with Gasteiger partial charge < -0.3 is 9.67 Å². The Bertz CT molecular complexity index is 976. The quantitative estimate of drug-likeness (QED) is 0.712. The van der Waals surface area contributed by atoms with Gasteiger partial charge in [-0.05, 0) is 41.6 Å². The molecule has 0 fully saturated rings. The topological polar surface area (TPSA) is 71.3 Å². The summed E-state index contributed by atoms with van der Waals surface area (Å²) < 4.78 is 28.9. The summed E-state index contributed by atoms with van der Waals surface area (Å²) in [6.45, 7) is 1.91. The van der Waals surface area contributed by atoms with Crippen molar-refractivity contribution in [1.82, 2.24) is 9.29 Å². The Labute approximate surface area is 148 Å². The summed E-state index contributed by atoms with van der Waals surface area (Å²) in [5.74, 6) is -0.0995. The second-order valence-corrected chi connectivity index (χ2v) is 8.16. The zero-order chi connectivity index (χ0) is 18.0. The molecule has 132 valence electrons. The Morgan fingerprint density at radius 2 is 1.84 bits per heavy atom. The molecule has 1 unspecified atom stereocenters. The number of aryl methyl sites for hydroxylation is 2. The highest BCUT2D eigenvalue weighted by molar-refractivity contribution is 7.88. The number of nitrogens with one attached hydrogen (secondary N) is 1. The maximum Gasteiger partial charge on any atom is 0.215 e. The van der Waals surface area contributed by atoms with E-state index < -0.39 is 16.1 Å². The summed E-state index contributed by atoms with van der Waals surface area (Å²) >= 11 is 0. The van der Waals surface area contributed by atoms with Crippen molar-refractivity contribution in [3.8, 4) is 0 Å². The summed E-state index contributed by atoms with van der Waals surface area (Å²) in [5, 5.41) is 11.3. The lowest BCUT2D eigenvalue weighted by molar-refractivity contribution is 0.182. The fraction of sp³-hybridized carbons (Fsp3) is 0.263. The van der Waals surface area contributed by atoms with Crippen molar-refractivity contribution >= 4 is 20.9 Å². The Morgan fingerprint density at radius 1 is 1.12 bits per heavy atom. The molecule has 1 atom stereocenters. The highest BCUT2D eigenvalue weighted by Crippen LogP contribution is 2.21. The molecule has 0 saturated heterocycles. The number of aromatic nitrogens is 1. The van der Waals surface area contributed by atoms with Gasteiger partial charge in [0.15, 0.2) is 0 Å². The molecule has 0 saturated carbocycles. The number of nitrogens with zero attached hydrogens (tertiary/aromatic N) is 1. The van der Waals surface area contributed by atoms with Crippen LogP contribution in [0.2, 0.25) is 0 Å². The lowest BCUT2D eigenvalue weighted by Crippen LogP contribution is -2.29. The predicted molar refractivity (Wildman–Crippen MR) is 99.7 cm³/mol. The van der Waals surface area contributed by atoms with Gasteiger partial charge in [0, 0.05) is 25.3 Å². The van der Waals surface area contributed by atoms with Crippen molar-refractivity contribution < 1.29 is 13.5 Å². The first-order valence-corrected chi connectivity index (χ1v) is 9.75. The van der Waals surface area contributed by atoms with Gasteiger partial charge in [0.2, 0.25) is 10.0 Å². The lowest BCUT2D eigenvalue weighted by Gasteiger charge is -2.13. The van der Waals surface area contributed by atoms with Crippen molar-refractivity contribution in [2.24, 2.45) is 7.05 Å². The summed E-state index contributed by atoms with van der Waals surface area (Å²) in [4.78, 5) is 0. The number of hydrogen-bond acceptors (Lipinski definition) is 3. The van der Waals surface area contributed by atoms with Gasteiger partial charge in [-0.3, -0.25) is 0 Å². The van der Waals surface area contributed by atoms with Gasteiger partial charge in [-0.15, -0.1) is 0 Å². The Kier molecular flexibility index (Phi) is 4.94. The van der Waals surface area contributed by atoms with Crippen molar-refractivity contribution in [3.63, 3.8) is 0 Å². The van der Waals surface area contributed by atoms with Crippen molar-refractivity contribution in [1.29, 1.82) is 0 Å². The van der Waals surface area contributed by atoms with E-state index in [0.29, 0.717) is 5.56 Å². The Morgan fingerprint density at radius 3 is 2.56 bits per heavy atom. The molecule has 3 aromatic rings. The molecule has 5 nitrogen and oxygen atoms in total. The second kappa shape index (κ2) is 7.00. The van der Waals surface area contributed by atoms with Crippen LogP contribution in [0.1, 0.15) is 22.8 Å². The predicted octanol–water partition coefficient (Wildman–Crippen LogP) is 2.64. The van der Waals surface area contributed by atoms with E-state index in [4.69, 9.17) is 0 Å². The molecule has 3 rings (SSSR count). The minimum atomic E-state index is -3.50. The number of aliphatic hydroxyl groups is 1. The van der Waals surface area contributed by atoms with Gasteiger partial charge in [-0.1, -0.05) is 35.9 Å². The fourth-order valence-electron chi connectivity index (χ4n) is 2.79. The summed E-state index contributed by atoms with van der Waals surface area (Å²) in [6, 6.07) is 15.0. The van der Waals surface area contributed by atoms with Crippen LogP contribution in [-0.4, -0.2) is 24.6 Å². The first kappa shape index (κ1) is 17.7. The fourth-order valence-corrected chi connectivity index (χ4v) is 3.93. The third kappa shape index (κ3) is 4.28. The SMILES string of the molecule is Cc1ccc(CS(=O)(=O)NCC(O)c2ccc3c(ccn3C)c2)cc1.